The lowest BCUT2D eigenvalue weighted by molar-refractivity contribution is 0.366. The summed E-state index contributed by atoms with van der Waals surface area (Å²) in [6, 6.07) is 12.3. The fraction of sp³-hybridized carbons (Fsp3) is 0.308. The van der Waals surface area contributed by atoms with E-state index < -0.39 is 0 Å². The maximum absolute atomic E-state index is 5.25. The zero-order valence-corrected chi connectivity index (χ0v) is 9.10. The van der Waals surface area contributed by atoms with Gasteiger partial charge in [-0.2, -0.15) is 0 Å². The molecule has 0 N–H and O–H groups in total. The molecule has 0 unspecified atom stereocenters. The fourth-order valence-electron chi connectivity index (χ4n) is 1.49. The van der Waals surface area contributed by atoms with Gasteiger partial charge >= 0.3 is 0 Å². The third-order valence-corrected chi connectivity index (χ3v) is 2.37. The van der Waals surface area contributed by atoms with Crippen LogP contribution >= 0.6 is 0 Å². The summed E-state index contributed by atoms with van der Waals surface area (Å²) < 4.78 is 5.25. The Balaban J connectivity index is 2.12. The molecule has 2 heteroatoms. The summed E-state index contributed by atoms with van der Waals surface area (Å²) in [5.41, 5.74) is 2.27. The number of hydrogen-bond donors (Lipinski definition) is 0. The van der Waals surface area contributed by atoms with Crippen LogP contribution in [0.4, 0.5) is 0 Å². The Morgan fingerprint density at radius 3 is 2.53 bits per heavy atom. The van der Waals surface area contributed by atoms with Crippen LogP contribution in [0.5, 0.6) is 0 Å². The smallest absolute Gasteiger partial charge is 0.139 e. The molecule has 15 heavy (non-hydrogen) atoms. The van der Waals surface area contributed by atoms with Gasteiger partial charge in [-0.25, -0.2) is 0 Å². The standard InChI is InChI=1S/C13H15NO/c1-10(2)13-9-12(14-15-13)8-11-6-4-3-5-7-11/h3-7,9-10H,8H2,1-2H3. The van der Waals surface area contributed by atoms with Gasteiger partial charge in [-0.15, -0.1) is 0 Å². The van der Waals surface area contributed by atoms with E-state index in [0.29, 0.717) is 5.92 Å². The van der Waals surface area contributed by atoms with Gasteiger partial charge in [0.2, 0.25) is 0 Å². The van der Waals surface area contributed by atoms with E-state index in [2.05, 4.69) is 31.1 Å². The normalized spacial score (nSPS) is 10.9. The van der Waals surface area contributed by atoms with Crippen molar-refractivity contribution in [1.29, 1.82) is 0 Å². The molecule has 0 fully saturated rings. The van der Waals surface area contributed by atoms with Gasteiger partial charge in [-0.3, -0.25) is 0 Å². The van der Waals surface area contributed by atoms with E-state index >= 15 is 0 Å². The molecular formula is C13H15NO. The van der Waals surface area contributed by atoms with Gasteiger partial charge in [0.15, 0.2) is 0 Å². The van der Waals surface area contributed by atoms with E-state index in [1.807, 2.05) is 24.3 Å². The Kier molecular flexibility index (Phi) is 2.86. The molecule has 0 radical (unpaired) electrons. The molecule has 0 saturated heterocycles. The van der Waals surface area contributed by atoms with Crippen molar-refractivity contribution in [3.05, 3.63) is 53.4 Å². The van der Waals surface area contributed by atoms with E-state index in [-0.39, 0.29) is 0 Å². The lowest BCUT2D eigenvalue weighted by Crippen LogP contribution is -1.86. The van der Waals surface area contributed by atoms with Crippen molar-refractivity contribution in [2.45, 2.75) is 26.2 Å². The number of aromatic nitrogens is 1. The van der Waals surface area contributed by atoms with Crippen LogP contribution in [-0.2, 0) is 6.42 Å². The predicted molar refractivity (Wildman–Crippen MR) is 59.8 cm³/mol. The van der Waals surface area contributed by atoms with Crippen LogP contribution in [0.15, 0.2) is 40.9 Å². The fourth-order valence-corrected chi connectivity index (χ4v) is 1.49. The number of nitrogens with zero attached hydrogens (tertiary/aromatic N) is 1. The van der Waals surface area contributed by atoms with Crippen molar-refractivity contribution in [2.75, 3.05) is 0 Å². The predicted octanol–water partition coefficient (Wildman–Crippen LogP) is 3.39. The maximum atomic E-state index is 5.25. The summed E-state index contributed by atoms with van der Waals surface area (Å²) in [7, 11) is 0. The Morgan fingerprint density at radius 1 is 1.20 bits per heavy atom. The highest BCUT2D eigenvalue weighted by Crippen LogP contribution is 2.16. The lowest BCUT2D eigenvalue weighted by atomic mass is 10.1. The van der Waals surface area contributed by atoms with Gasteiger partial charge in [0, 0.05) is 18.4 Å². The molecule has 1 heterocycles. The largest absolute Gasteiger partial charge is 0.361 e. The van der Waals surface area contributed by atoms with Gasteiger partial charge in [0.1, 0.15) is 5.76 Å². The summed E-state index contributed by atoms with van der Waals surface area (Å²) in [5, 5.41) is 4.06. The minimum absolute atomic E-state index is 0.405. The molecule has 1 aromatic heterocycles. The molecule has 1 aromatic carbocycles. The molecule has 0 aliphatic carbocycles. The second-order valence-electron chi connectivity index (χ2n) is 4.04. The zero-order chi connectivity index (χ0) is 10.7. The summed E-state index contributed by atoms with van der Waals surface area (Å²) in [5.74, 6) is 1.36. The van der Waals surface area contributed by atoms with Gasteiger partial charge in [0.05, 0.1) is 5.69 Å². The average Bonchev–Trinajstić information content (AvgIpc) is 2.68. The SMILES string of the molecule is CC(C)c1cc(Cc2ccccc2)no1. The second kappa shape index (κ2) is 4.30. The summed E-state index contributed by atoms with van der Waals surface area (Å²) >= 11 is 0. The molecule has 0 amide bonds. The summed E-state index contributed by atoms with van der Waals surface area (Å²) in [6.45, 7) is 4.21. The number of rotatable bonds is 3. The Hall–Kier alpha value is -1.57. The summed E-state index contributed by atoms with van der Waals surface area (Å²) in [4.78, 5) is 0. The number of benzene rings is 1. The molecule has 0 aliphatic rings. The van der Waals surface area contributed by atoms with E-state index in [9.17, 15) is 0 Å². The Labute approximate surface area is 89.9 Å². The van der Waals surface area contributed by atoms with Crippen LogP contribution in [0, 0.1) is 0 Å². The van der Waals surface area contributed by atoms with Gasteiger partial charge in [-0.1, -0.05) is 49.3 Å². The third kappa shape index (κ3) is 2.46. The summed E-state index contributed by atoms with van der Waals surface area (Å²) in [6.07, 6.45) is 0.844. The minimum Gasteiger partial charge on any atom is -0.361 e. The first-order valence-electron chi connectivity index (χ1n) is 5.25. The highest BCUT2D eigenvalue weighted by Gasteiger charge is 2.07. The van der Waals surface area contributed by atoms with Crippen LogP contribution in [0.3, 0.4) is 0 Å². The molecular weight excluding hydrogens is 186 g/mol. The van der Waals surface area contributed by atoms with Crippen LogP contribution in [-0.4, -0.2) is 5.16 Å². The monoisotopic (exact) mass is 201 g/mol. The van der Waals surface area contributed by atoms with E-state index in [1.54, 1.807) is 0 Å². The van der Waals surface area contributed by atoms with Crippen molar-refractivity contribution in [3.63, 3.8) is 0 Å². The lowest BCUT2D eigenvalue weighted by Gasteiger charge is -1.95. The molecule has 0 aliphatic heterocycles. The van der Waals surface area contributed by atoms with Crippen LogP contribution in [0.2, 0.25) is 0 Å². The van der Waals surface area contributed by atoms with Crippen LogP contribution in [0.25, 0.3) is 0 Å². The highest BCUT2D eigenvalue weighted by molar-refractivity contribution is 5.22. The molecule has 2 aromatic rings. The molecule has 0 bridgehead atoms. The van der Waals surface area contributed by atoms with Crippen LogP contribution < -0.4 is 0 Å². The maximum Gasteiger partial charge on any atom is 0.139 e. The molecule has 0 saturated carbocycles. The molecule has 0 atom stereocenters. The Bertz CT molecular complexity index is 417. The topological polar surface area (TPSA) is 26.0 Å². The number of hydrogen-bond acceptors (Lipinski definition) is 2. The highest BCUT2D eigenvalue weighted by atomic mass is 16.5. The first-order chi connectivity index (χ1) is 7.25. The third-order valence-electron chi connectivity index (χ3n) is 2.37. The Morgan fingerprint density at radius 2 is 1.93 bits per heavy atom. The second-order valence-corrected chi connectivity index (χ2v) is 4.04. The minimum atomic E-state index is 0.405. The van der Waals surface area contributed by atoms with Gasteiger partial charge in [-0.05, 0) is 5.56 Å². The van der Waals surface area contributed by atoms with Crippen molar-refractivity contribution < 1.29 is 4.52 Å². The quantitative estimate of drug-likeness (QED) is 0.760. The van der Waals surface area contributed by atoms with Gasteiger partial charge in [0.25, 0.3) is 0 Å². The van der Waals surface area contributed by atoms with Gasteiger partial charge < -0.3 is 4.52 Å². The first kappa shape index (κ1) is 9.97. The van der Waals surface area contributed by atoms with E-state index in [1.165, 1.54) is 5.56 Å². The first-order valence-corrected chi connectivity index (χ1v) is 5.25. The van der Waals surface area contributed by atoms with E-state index in [4.69, 9.17) is 4.52 Å². The van der Waals surface area contributed by atoms with E-state index in [0.717, 1.165) is 17.9 Å². The van der Waals surface area contributed by atoms with Crippen LogP contribution in [0.1, 0.15) is 36.8 Å². The average molecular weight is 201 g/mol. The molecule has 2 nitrogen and oxygen atoms in total. The van der Waals surface area contributed by atoms with Crippen molar-refractivity contribution in [2.24, 2.45) is 0 Å². The van der Waals surface area contributed by atoms with Crippen molar-refractivity contribution >= 4 is 0 Å². The molecule has 78 valence electrons. The molecule has 2 rings (SSSR count). The molecule has 0 spiro atoms. The van der Waals surface area contributed by atoms with Crippen molar-refractivity contribution in [3.8, 4) is 0 Å². The van der Waals surface area contributed by atoms with Crippen molar-refractivity contribution in [1.82, 2.24) is 5.16 Å². The zero-order valence-electron chi connectivity index (χ0n) is 9.10.